The van der Waals surface area contributed by atoms with Gasteiger partial charge in [0.25, 0.3) is 0 Å². The van der Waals surface area contributed by atoms with Crippen LogP contribution in [0.4, 0.5) is 0 Å². The van der Waals surface area contributed by atoms with E-state index in [1.165, 1.54) is 12.8 Å². The zero-order valence-electron chi connectivity index (χ0n) is 10.8. The largest absolute Gasteiger partial charge is 0.393 e. The minimum absolute atomic E-state index is 0.0220. The molecule has 0 heterocycles. The molecule has 2 N–H and O–H groups in total. The van der Waals surface area contributed by atoms with Crippen molar-refractivity contribution in [1.82, 2.24) is 5.32 Å². The topological polar surface area (TPSA) is 53.9 Å². The molecule has 1 fully saturated rings. The lowest BCUT2D eigenvalue weighted by Gasteiger charge is -2.22. The van der Waals surface area contributed by atoms with Crippen molar-refractivity contribution in [1.29, 1.82) is 0 Å². The Bertz CT molecular complexity index is 242. The summed E-state index contributed by atoms with van der Waals surface area (Å²) < 4.78 is 0. The van der Waals surface area contributed by atoms with Gasteiger partial charge in [-0.25, -0.2) is 0 Å². The van der Waals surface area contributed by atoms with Crippen molar-refractivity contribution >= 4 is 5.71 Å². The molecule has 4 heteroatoms. The number of rotatable bonds is 6. The van der Waals surface area contributed by atoms with E-state index in [0.29, 0.717) is 12.5 Å². The van der Waals surface area contributed by atoms with E-state index in [0.717, 1.165) is 5.71 Å². The summed E-state index contributed by atoms with van der Waals surface area (Å²) >= 11 is 0. The highest BCUT2D eigenvalue weighted by molar-refractivity contribution is 5.85. The van der Waals surface area contributed by atoms with Gasteiger partial charge >= 0.3 is 0 Å². The first-order chi connectivity index (χ1) is 7.38. The highest BCUT2D eigenvalue weighted by Gasteiger charge is 2.24. The summed E-state index contributed by atoms with van der Waals surface area (Å²) in [5.74, 6) is 0.629. The van der Waals surface area contributed by atoms with Gasteiger partial charge in [0, 0.05) is 18.0 Å². The van der Waals surface area contributed by atoms with Gasteiger partial charge in [0.05, 0.1) is 5.71 Å². The van der Waals surface area contributed by atoms with Gasteiger partial charge in [-0.05, 0) is 40.5 Å². The normalized spacial score (nSPS) is 19.7. The predicted octanol–water partition coefficient (Wildman–Crippen LogP) is 1.54. The first-order valence-electron chi connectivity index (χ1n) is 5.98. The second-order valence-electron chi connectivity index (χ2n) is 5.59. The van der Waals surface area contributed by atoms with Gasteiger partial charge in [-0.2, -0.15) is 0 Å². The zero-order valence-corrected chi connectivity index (χ0v) is 10.8. The fourth-order valence-corrected chi connectivity index (χ4v) is 1.28. The fourth-order valence-electron chi connectivity index (χ4n) is 1.28. The Labute approximate surface area is 98.1 Å². The summed E-state index contributed by atoms with van der Waals surface area (Å²) in [5.41, 5.74) is 1.07. The molecule has 0 radical (unpaired) electrons. The molecule has 0 amide bonds. The molecule has 1 aliphatic rings. The molecule has 0 bridgehead atoms. The van der Waals surface area contributed by atoms with Gasteiger partial charge in [-0.15, -0.1) is 0 Å². The standard InChI is InChI=1S/C12H24N2O2/c1-9(10-5-6-10)14-16-8-11(15)7-13-12(2,3)4/h10-11,13,15H,5-8H2,1-4H3/b14-9+/t11-/m0/s1. The monoisotopic (exact) mass is 228 g/mol. The smallest absolute Gasteiger partial charge is 0.144 e. The predicted molar refractivity (Wildman–Crippen MR) is 65.5 cm³/mol. The van der Waals surface area contributed by atoms with Crippen LogP contribution in [0, 0.1) is 5.92 Å². The number of hydrogen-bond donors (Lipinski definition) is 2. The average molecular weight is 228 g/mol. The minimum atomic E-state index is -0.505. The molecular weight excluding hydrogens is 204 g/mol. The van der Waals surface area contributed by atoms with Crippen LogP contribution in [-0.4, -0.2) is 35.6 Å². The van der Waals surface area contributed by atoms with Crippen molar-refractivity contribution in [3.8, 4) is 0 Å². The van der Waals surface area contributed by atoms with Crippen molar-refractivity contribution in [3.63, 3.8) is 0 Å². The third-order valence-electron chi connectivity index (χ3n) is 2.51. The van der Waals surface area contributed by atoms with Crippen LogP contribution in [0.25, 0.3) is 0 Å². The third kappa shape index (κ3) is 6.08. The van der Waals surface area contributed by atoms with E-state index in [1.54, 1.807) is 0 Å². The molecular formula is C12H24N2O2. The molecule has 0 aromatic rings. The highest BCUT2D eigenvalue weighted by atomic mass is 16.6. The molecule has 1 rings (SSSR count). The highest BCUT2D eigenvalue weighted by Crippen LogP contribution is 2.30. The van der Waals surface area contributed by atoms with Gasteiger partial charge in [-0.3, -0.25) is 0 Å². The van der Waals surface area contributed by atoms with E-state index in [1.807, 2.05) is 6.92 Å². The Hall–Kier alpha value is -0.610. The number of oxime groups is 1. The molecule has 1 atom stereocenters. The average Bonchev–Trinajstić information content (AvgIpc) is 2.96. The number of aliphatic hydroxyl groups is 1. The SMILES string of the molecule is C/C(=N\OC[C@@H](O)CNC(C)(C)C)C1CC1. The first kappa shape index (κ1) is 13.5. The number of hydrogen-bond acceptors (Lipinski definition) is 4. The summed E-state index contributed by atoms with van der Waals surface area (Å²) in [6, 6.07) is 0. The summed E-state index contributed by atoms with van der Waals surface area (Å²) in [6.07, 6.45) is 1.95. The van der Waals surface area contributed by atoms with Crippen LogP contribution in [0.3, 0.4) is 0 Å². The van der Waals surface area contributed by atoms with E-state index in [2.05, 4.69) is 31.2 Å². The van der Waals surface area contributed by atoms with Gasteiger partial charge in [0.1, 0.15) is 12.7 Å². The molecule has 0 aromatic heterocycles. The molecule has 0 unspecified atom stereocenters. The van der Waals surface area contributed by atoms with E-state index in [9.17, 15) is 5.11 Å². The zero-order chi connectivity index (χ0) is 12.2. The molecule has 0 aliphatic heterocycles. The number of nitrogens with zero attached hydrogens (tertiary/aromatic N) is 1. The molecule has 1 aliphatic carbocycles. The van der Waals surface area contributed by atoms with Crippen LogP contribution in [0.5, 0.6) is 0 Å². The van der Waals surface area contributed by atoms with Crippen molar-refractivity contribution in [3.05, 3.63) is 0 Å². The molecule has 16 heavy (non-hydrogen) atoms. The summed E-state index contributed by atoms with van der Waals surface area (Å²) in [6.45, 7) is 8.97. The summed E-state index contributed by atoms with van der Waals surface area (Å²) in [4.78, 5) is 5.12. The van der Waals surface area contributed by atoms with Crippen LogP contribution >= 0.6 is 0 Å². The van der Waals surface area contributed by atoms with Gasteiger partial charge in [-0.1, -0.05) is 5.16 Å². The Kier molecular flexibility index (Phi) is 4.74. The van der Waals surface area contributed by atoms with Crippen molar-refractivity contribution in [2.75, 3.05) is 13.2 Å². The fraction of sp³-hybridized carbons (Fsp3) is 0.917. The molecule has 4 nitrogen and oxygen atoms in total. The van der Waals surface area contributed by atoms with E-state index >= 15 is 0 Å². The lowest BCUT2D eigenvalue weighted by Crippen LogP contribution is -2.42. The second-order valence-corrected chi connectivity index (χ2v) is 5.59. The van der Waals surface area contributed by atoms with Crippen molar-refractivity contribution < 1.29 is 9.94 Å². The lowest BCUT2D eigenvalue weighted by atomic mass is 10.1. The maximum absolute atomic E-state index is 9.62. The Morgan fingerprint density at radius 1 is 1.50 bits per heavy atom. The molecule has 0 aromatic carbocycles. The second kappa shape index (κ2) is 5.64. The van der Waals surface area contributed by atoms with E-state index in [4.69, 9.17) is 4.84 Å². The van der Waals surface area contributed by atoms with Gasteiger partial charge in [0.15, 0.2) is 0 Å². The molecule has 0 saturated heterocycles. The summed E-state index contributed by atoms with van der Waals surface area (Å²) in [7, 11) is 0. The molecule has 94 valence electrons. The van der Waals surface area contributed by atoms with E-state index in [-0.39, 0.29) is 12.1 Å². The Balaban J connectivity index is 2.10. The quantitative estimate of drug-likeness (QED) is 0.535. The van der Waals surface area contributed by atoms with Crippen LogP contribution < -0.4 is 5.32 Å². The third-order valence-corrected chi connectivity index (χ3v) is 2.51. The Morgan fingerprint density at radius 2 is 2.12 bits per heavy atom. The van der Waals surface area contributed by atoms with Crippen LogP contribution in [0.1, 0.15) is 40.5 Å². The first-order valence-corrected chi connectivity index (χ1v) is 5.98. The van der Waals surface area contributed by atoms with Crippen molar-refractivity contribution in [2.24, 2.45) is 11.1 Å². The van der Waals surface area contributed by atoms with Crippen molar-refractivity contribution in [2.45, 2.75) is 52.2 Å². The van der Waals surface area contributed by atoms with Gasteiger partial charge < -0.3 is 15.3 Å². The maximum atomic E-state index is 9.62. The van der Waals surface area contributed by atoms with Crippen LogP contribution in [-0.2, 0) is 4.84 Å². The molecule has 0 spiro atoms. The molecule has 1 saturated carbocycles. The van der Waals surface area contributed by atoms with E-state index < -0.39 is 6.10 Å². The summed E-state index contributed by atoms with van der Waals surface area (Å²) in [5, 5.41) is 16.8. The van der Waals surface area contributed by atoms with Crippen LogP contribution in [0.2, 0.25) is 0 Å². The lowest BCUT2D eigenvalue weighted by molar-refractivity contribution is 0.0368. The van der Waals surface area contributed by atoms with Crippen LogP contribution in [0.15, 0.2) is 5.16 Å². The van der Waals surface area contributed by atoms with Gasteiger partial charge in [0.2, 0.25) is 0 Å². The maximum Gasteiger partial charge on any atom is 0.144 e. The Morgan fingerprint density at radius 3 is 2.62 bits per heavy atom. The number of β-amino-alcohol motifs (C(OH)–C–C–N with tert-alkyl or cyclic N) is 1. The number of aliphatic hydroxyl groups excluding tert-OH is 1. The minimum Gasteiger partial charge on any atom is -0.393 e. The number of nitrogens with one attached hydrogen (secondary N) is 1.